The van der Waals surface area contributed by atoms with E-state index in [-0.39, 0.29) is 0 Å². The topological polar surface area (TPSA) is 74.8 Å². The summed E-state index contributed by atoms with van der Waals surface area (Å²) in [5.41, 5.74) is 6.07. The van der Waals surface area contributed by atoms with Crippen LogP contribution in [0.25, 0.3) is 0 Å². The highest BCUT2D eigenvalue weighted by molar-refractivity contribution is 5.46. The van der Waals surface area contributed by atoms with Gasteiger partial charge in [-0.1, -0.05) is 6.42 Å². The van der Waals surface area contributed by atoms with Crippen molar-refractivity contribution in [3.05, 3.63) is 18.3 Å². The van der Waals surface area contributed by atoms with E-state index in [2.05, 4.69) is 20.9 Å². The van der Waals surface area contributed by atoms with E-state index in [1.165, 1.54) is 19.3 Å². The molecule has 0 bridgehead atoms. The van der Waals surface area contributed by atoms with E-state index in [0.29, 0.717) is 25.5 Å². The number of piperidine rings is 2. The molecule has 26 heavy (non-hydrogen) atoms. The molecule has 3 heterocycles. The fraction of sp³-hybridized carbons (Fsp3) is 0.750. The van der Waals surface area contributed by atoms with Gasteiger partial charge in [-0.15, -0.1) is 0 Å². The van der Waals surface area contributed by atoms with E-state index < -0.39 is 5.60 Å². The number of hydrogen-bond acceptors (Lipinski definition) is 6. The molecule has 3 fully saturated rings. The SMILES string of the molecule is NCC1(O)CCN(c2ccc(OC3CCN(C4CCC4)CC3)nc2)CC1. The summed E-state index contributed by atoms with van der Waals surface area (Å²) in [7, 11) is 0. The van der Waals surface area contributed by atoms with Crippen LogP contribution in [0.3, 0.4) is 0 Å². The molecule has 0 spiro atoms. The molecule has 144 valence electrons. The van der Waals surface area contributed by atoms with Crippen LogP contribution in [0, 0.1) is 0 Å². The highest BCUT2D eigenvalue weighted by Gasteiger charge is 2.31. The lowest BCUT2D eigenvalue weighted by Gasteiger charge is -2.41. The summed E-state index contributed by atoms with van der Waals surface area (Å²) >= 11 is 0. The van der Waals surface area contributed by atoms with Gasteiger partial charge in [0.15, 0.2) is 0 Å². The minimum Gasteiger partial charge on any atom is -0.474 e. The molecule has 1 aliphatic carbocycles. The molecule has 6 heteroatoms. The number of nitrogens with two attached hydrogens (primary N) is 1. The van der Waals surface area contributed by atoms with E-state index in [1.807, 2.05) is 12.3 Å². The van der Waals surface area contributed by atoms with Gasteiger partial charge in [0.05, 0.1) is 17.5 Å². The van der Waals surface area contributed by atoms with Crippen LogP contribution in [0.1, 0.15) is 44.9 Å². The van der Waals surface area contributed by atoms with Crippen molar-refractivity contribution in [3.8, 4) is 5.88 Å². The first-order valence-corrected chi connectivity index (χ1v) is 10.2. The average Bonchev–Trinajstić information content (AvgIpc) is 2.63. The Kier molecular flexibility index (Phi) is 5.34. The van der Waals surface area contributed by atoms with E-state index in [1.54, 1.807) is 0 Å². The minimum atomic E-state index is -0.693. The van der Waals surface area contributed by atoms with Gasteiger partial charge in [-0.05, 0) is 44.6 Å². The number of rotatable bonds is 5. The van der Waals surface area contributed by atoms with Crippen molar-refractivity contribution in [3.63, 3.8) is 0 Å². The van der Waals surface area contributed by atoms with Crippen LogP contribution in [0.5, 0.6) is 5.88 Å². The van der Waals surface area contributed by atoms with Gasteiger partial charge in [0.1, 0.15) is 6.10 Å². The monoisotopic (exact) mass is 360 g/mol. The zero-order valence-corrected chi connectivity index (χ0v) is 15.6. The Morgan fingerprint density at radius 1 is 1.12 bits per heavy atom. The van der Waals surface area contributed by atoms with E-state index in [4.69, 9.17) is 10.5 Å². The number of ether oxygens (including phenoxy) is 1. The lowest BCUT2D eigenvalue weighted by Crippen LogP contribution is -2.48. The van der Waals surface area contributed by atoms with Crippen molar-refractivity contribution >= 4 is 5.69 Å². The molecule has 2 aliphatic heterocycles. The first kappa shape index (κ1) is 18.0. The molecule has 1 aromatic rings. The minimum absolute atomic E-state index is 0.291. The van der Waals surface area contributed by atoms with Crippen LogP contribution < -0.4 is 15.4 Å². The van der Waals surface area contributed by atoms with Crippen molar-refractivity contribution in [2.75, 3.05) is 37.6 Å². The van der Waals surface area contributed by atoms with Crippen molar-refractivity contribution in [2.24, 2.45) is 5.73 Å². The Morgan fingerprint density at radius 3 is 2.38 bits per heavy atom. The van der Waals surface area contributed by atoms with Crippen LogP contribution >= 0.6 is 0 Å². The third kappa shape index (κ3) is 3.97. The zero-order chi connectivity index (χ0) is 18.0. The van der Waals surface area contributed by atoms with Crippen molar-refractivity contribution in [2.45, 2.75) is 62.7 Å². The van der Waals surface area contributed by atoms with E-state index >= 15 is 0 Å². The maximum atomic E-state index is 10.3. The summed E-state index contributed by atoms with van der Waals surface area (Å²) < 4.78 is 6.12. The molecule has 0 aromatic carbocycles. The Balaban J connectivity index is 1.26. The van der Waals surface area contributed by atoms with Gasteiger partial charge in [0.25, 0.3) is 0 Å². The number of anilines is 1. The Hall–Kier alpha value is -1.37. The predicted molar refractivity (Wildman–Crippen MR) is 103 cm³/mol. The van der Waals surface area contributed by atoms with Gasteiger partial charge in [-0.25, -0.2) is 4.98 Å². The Labute approximate surface area is 156 Å². The molecule has 3 aliphatic rings. The lowest BCUT2D eigenvalue weighted by atomic mass is 9.90. The third-order valence-corrected chi connectivity index (χ3v) is 6.52. The highest BCUT2D eigenvalue weighted by atomic mass is 16.5. The van der Waals surface area contributed by atoms with Crippen LogP contribution in [-0.4, -0.2) is 65.5 Å². The standard InChI is InChI=1S/C20H32N4O2/c21-15-20(25)8-12-24(13-9-20)17-4-5-19(22-14-17)26-18-6-10-23(11-7-18)16-2-1-3-16/h4-5,14,16,18,25H,1-3,6-13,15,21H2. The smallest absolute Gasteiger partial charge is 0.213 e. The maximum Gasteiger partial charge on any atom is 0.213 e. The number of aliphatic hydroxyl groups is 1. The first-order chi connectivity index (χ1) is 12.6. The molecule has 1 aromatic heterocycles. The molecule has 1 saturated carbocycles. The summed E-state index contributed by atoms with van der Waals surface area (Å²) in [6.07, 6.45) is 9.97. The molecular formula is C20H32N4O2. The molecule has 0 radical (unpaired) electrons. The highest BCUT2D eigenvalue weighted by Crippen LogP contribution is 2.29. The Morgan fingerprint density at radius 2 is 1.85 bits per heavy atom. The number of pyridine rings is 1. The van der Waals surface area contributed by atoms with Gasteiger partial charge >= 0.3 is 0 Å². The number of nitrogens with zero attached hydrogens (tertiary/aromatic N) is 3. The number of hydrogen-bond donors (Lipinski definition) is 2. The maximum absolute atomic E-state index is 10.3. The molecule has 6 nitrogen and oxygen atoms in total. The molecule has 0 amide bonds. The van der Waals surface area contributed by atoms with Gasteiger partial charge in [0, 0.05) is 44.8 Å². The fourth-order valence-corrected chi connectivity index (χ4v) is 4.30. The second kappa shape index (κ2) is 7.71. The summed E-state index contributed by atoms with van der Waals surface area (Å²) in [6, 6.07) is 4.91. The fourth-order valence-electron chi connectivity index (χ4n) is 4.30. The van der Waals surface area contributed by atoms with Gasteiger partial charge in [-0.2, -0.15) is 0 Å². The van der Waals surface area contributed by atoms with Crippen molar-refractivity contribution in [1.82, 2.24) is 9.88 Å². The van der Waals surface area contributed by atoms with Crippen LogP contribution in [0.15, 0.2) is 18.3 Å². The number of likely N-dealkylation sites (tertiary alicyclic amines) is 1. The summed E-state index contributed by atoms with van der Waals surface area (Å²) in [4.78, 5) is 9.42. The largest absolute Gasteiger partial charge is 0.474 e. The van der Waals surface area contributed by atoms with Gasteiger partial charge < -0.3 is 25.4 Å². The predicted octanol–water partition coefficient (Wildman–Crippen LogP) is 1.77. The molecule has 2 saturated heterocycles. The molecule has 4 rings (SSSR count). The van der Waals surface area contributed by atoms with Crippen LogP contribution in [-0.2, 0) is 0 Å². The lowest BCUT2D eigenvalue weighted by molar-refractivity contribution is 0.0249. The second-order valence-electron chi connectivity index (χ2n) is 8.21. The quantitative estimate of drug-likeness (QED) is 0.834. The molecule has 0 atom stereocenters. The first-order valence-electron chi connectivity index (χ1n) is 10.2. The average molecular weight is 361 g/mol. The molecule has 0 unspecified atom stereocenters. The van der Waals surface area contributed by atoms with Crippen LogP contribution in [0.2, 0.25) is 0 Å². The molecular weight excluding hydrogens is 328 g/mol. The third-order valence-electron chi connectivity index (χ3n) is 6.52. The summed E-state index contributed by atoms with van der Waals surface area (Å²) in [5.74, 6) is 0.728. The van der Waals surface area contributed by atoms with Gasteiger partial charge in [0.2, 0.25) is 5.88 Å². The van der Waals surface area contributed by atoms with Crippen molar-refractivity contribution < 1.29 is 9.84 Å². The number of aromatic nitrogens is 1. The normalized spacial score (nSPS) is 25.1. The second-order valence-corrected chi connectivity index (χ2v) is 8.21. The van der Waals surface area contributed by atoms with E-state index in [9.17, 15) is 5.11 Å². The zero-order valence-electron chi connectivity index (χ0n) is 15.6. The van der Waals surface area contributed by atoms with Gasteiger partial charge in [-0.3, -0.25) is 0 Å². The Bertz CT molecular complexity index is 574. The van der Waals surface area contributed by atoms with E-state index in [0.717, 1.165) is 56.6 Å². The summed E-state index contributed by atoms with van der Waals surface area (Å²) in [5, 5.41) is 10.3. The van der Waals surface area contributed by atoms with Crippen molar-refractivity contribution in [1.29, 1.82) is 0 Å². The summed E-state index contributed by atoms with van der Waals surface area (Å²) in [6.45, 7) is 4.28. The van der Waals surface area contributed by atoms with Crippen LogP contribution in [0.4, 0.5) is 5.69 Å². The molecule has 3 N–H and O–H groups in total.